The van der Waals surface area contributed by atoms with Crippen LogP contribution in [0.15, 0.2) is 42.5 Å². The molecule has 1 fully saturated rings. The van der Waals surface area contributed by atoms with E-state index in [0.717, 1.165) is 53.0 Å². The van der Waals surface area contributed by atoms with Gasteiger partial charge in [-0.15, -0.1) is 0 Å². The van der Waals surface area contributed by atoms with Gasteiger partial charge in [0.05, 0.1) is 16.8 Å². The van der Waals surface area contributed by atoms with Crippen LogP contribution in [0.3, 0.4) is 0 Å². The van der Waals surface area contributed by atoms with E-state index in [4.69, 9.17) is 0 Å². The summed E-state index contributed by atoms with van der Waals surface area (Å²) < 4.78 is 1.08. The number of para-hydroxylation sites is 1. The predicted molar refractivity (Wildman–Crippen MR) is 122 cm³/mol. The zero-order valence-corrected chi connectivity index (χ0v) is 18.1. The highest BCUT2D eigenvalue weighted by Gasteiger charge is 2.26. The van der Waals surface area contributed by atoms with Crippen LogP contribution in [-0.4, -0.2) is 41.3 Å². The highest BCUT2D eigenvalue weighted by atomic mass is 32.1. The van der Waals surface area contributed by atoms with Gasteiger partial charge in [-0.25, -0.2) is 4.98 Å². The molecule has 0 spiro atoms. The molecule has 6 nitrogen and oxygen atoms in total. The second-order valence-corrected chi connectivity index (χ2v) is 8.93. The molecule has 1 saturated heterocycles. The first-order valence-corrected chi connectivity index (χ1v) is 11.1. The third-order valence-corrected chi connectivity index (χ3v) is 6.45. The smallest absolute Gasteiger partial charge is 0.238 e. The van der Waals surface area contributed by atoms with E-state index in [2.05, 4.69) is 20.5 Å². The molecule has 3 aromatic rings. The van der Waals surface area contributed by atoms with Crippen molar-refractivity contribution in [1.29, 1.82) is 0 Å². The van der Waals surface area contributed by atoms with Crippen molar-refractivity contribution in [3.05, 3.63) is 53.6 Å². The highest BCUT2D eigenvalue weighted by molar-refractivity contribution is 7.22. The van der Waals surface area contributed by atoms with Gasteiger partial charge in [0.2, 0.25) is 11.8 Å². The van der Waals surface area contributed by atoms with Crippen LogP contribution in [0, 0.1) is 19.8 Å². The molecule has 0 bridgehead atoms. The molecule has 0 radical (unpaired) electrons. The highest BCUT2D eigenvalue weighted by Crippen LogP contribution is 2.29. The molecule has 156 valence electrons. The van der Waals surface area contributed by atoms with E-state index in [1.165, 1.54) is 11.3 Å². The van der Waals surface area contributed by atoms with Gasteiger partial charge in [0, 0.05) is 11.6 Å². The number of thiazole rings is 1. The molecule has 4 rings (SSSR count). The molecule has 2 amide bonds. The van der Waals surface area contributed by atoms with Crippen LogP contribution in [0.25, 0.3) is 10.2 Å². The molecule has 1 aliphatic rings. The number of amides is 2. The molecule has 0 saturated carbocycles. The Balaban J connectivity index is 1.26. The van der Waals surface area contributed by atoms with E-state index in [1.807, 2.05) is 56.3 Å². The average Bonchev–Trinajstić information content (AvgIpc) is 3.14. The molecule has 2 heterocycles. The Morgan fingerprint density at radius 3 is 2.50 bits per heavy atom. The number of carbonyl (C=O) groups is 2. The lowest BCUT2D eigenvalue weighted by atomic mass is 9.96. The van der Waals surface area contributed by atoms with Gasteiger partial charge in [0.1, 0.15) is 0 Å². The first kappa shape index (κ1) is 20.5. The van der Waals surface area contributed by atoms with E-state index >= 15 is 0 Å². The minimum atomic E-state index is -0.0467. The maximum Gasteiger partial charge on any atom is 0.238 e. The first-order valence-electron chi connectivity index (χ1n) is 10.2. The van der Waals surface area contributed by atoms with Gasteiger partial charge in [-0.3, -0.25) is 14.5 Å². The number of likely N-dealkylation sites (tertiary alicyclic amines) is 1. The van der Waals surface area contributed by atoms with Gasteiger partial charge < -0.3 is 10.6 Å². The summed E-state index contributed by atoms with van der Waals surface area (Å²) >= 11 is 1.51. The van der Waals surface area contributed by atoms with Crippen LogP contribution >= 0.6 is 11.3 Å². The molecule has 2 aromatic carbocycles. The van der Waals surface area contributed by atoms with Crippen molar-refractivity contribution < 1.29 is 9.59 Å². The Labute approximate surface area is 180 Å². The molecule has 7 heteroatoms. The maximum atomic E-state index is 12.7. The summed E-state index contributed by atoms with van der Waals surface area (Å²) in [5, 5.41) is 6.58. The van der Waals surface area contributed by atoms with E-state index < -0.39 is 0 Å². The van der Waals surface area contributed by atoms with Gasteiger partial charge in [0.15, 0.2) is 5.13 Å². The summed E-state index contributed by atoms with van der Waals surface area (Å²) in [6, 6.07) is 13.8. The fourth-order valence-electron chi connectivity index (χ4n) is 3.74. The largest absolute Gasteiger partial charge is 0.325 e. The first-order chi connectivity index (χ1) is 14.5. The Kier molecular flexibility index (Phi) is 6.11. The molecule has 0 aliphatic carbocycles. The minimum Gasteiger partial charge on any atom is -0.325 e. The number of carbonyl (C=O) groups excluding carboxylic acids is 2. The van der Waals surface area contributed by atoms with Crippen LogP contribution in [0.1, 0.15) is 24.0 Å². The molecule has 0 atom stereocenters. The second kappa shape index (κ2) is 8.93. The number of aryl methyl sites for hydroxylation is 2. The topological polar surface area (TPSA) is 74.3 Å². The van der Waals surface area contributed by atoms with Gasteiger partial charge in [0.25, 0.3) is 0 Å². The van der Waals surface area contributed by atoms with Crippen LogP contribution in [-0.2, 0) is 9.59 Å². The summed E-state index contributed by atoms with van der Waals surface area (Å²) in [5.74, 6) is -0.0448. The van der Waals surface area contributed by atoms with Crippen molar-refractivity contribution in [2.24, 2.45) is 5.92 Å². The lowest BCUT2D eigenvalue weighted by Gasteiger charge is -2.30. The molecule has 30 heavy (non-hydrogen) atoms. The fourth-order valence-corrected chi connectivity index (χ4v) is 4.69. The second-order valence-electron chi connectivity index (χ2n) is 7.89. The van der Waals surface area contributed by atoms with E-state index in [9.17, 15) is 9.59 Å². The molecular formula is C23H26N4O2S. The summed E-state index contributed by atoms with van der Waals surface area (Å²) in [6.07, 6.45) is 1.49. The molecule has 0 unspecified atom stereocenters. The summed E-state index contributed by atoms with van der Waals surface area (Å²) in [7, 11) is 0. The van der Waals surface area contributed by atoms with Crippen LogP contribution in [0.4, 0.5) is 10.8 Å². The van der Waals surface area contributed by atoms with Gasteiger partial charge in [-0.2, -0.15) is 0 Å². The van der Waals surface area contributed by atoms with Crippen LogP contribution in [0.5, 0.6) is 0 Å². The third-order valence-electron chi connectivity index (χ3n) is 5.51. The number of piperidine rings is 1. The fraction of sp³-hybridized carbons (Fsp3) is 0.348. The van der Waals surface area contributed by atoms with Crippen molar-refractivity contribution in [2.45, 2.75) is 26.7 Å². The Morgan fingerprint density at radius 1 is 1.07 bits per heavy atom. The summed E-state index contributed by atoms with van der Waals surface area (Å²) in [5.41, 5.74) is 4.04. The molecule has 1 aromatic heterocycles. The zero-order chi connectivity index (χ0) is 21.1. The molecule has 1 aliphatic heterocycles. The van der Waals surface area contributed by atoms with Crippen LogP contribution < -0.4 is 10.6 Å². The molecular weight excluding hydrogens is 396 g/mol. The normalized spacial score (nSPS) is 15.3. The Hall–Kier alpha value is -2.77. The van der Waals surface area contributed by atoms with Crippen molar-refractivity contribution in [1.82, 2.24) is 9.88 Å². The number of nitrogens with zero attached hydrogens (tertiary/aromatic N) is 2. The average molecular weight is 423 g/mol. The number of benzene rings is 2. The predicted octanol–water partition coefficient (Wildman–Crippen LogP) is 4.20. The van der Waals surface area contributed by atoms with E-state index in [0.29, 0.717) is 11.7 Å². The summed E-state index contributed by atoms with van der Waals surface area (Å²) in [6.45, 7) is 5.86. The standard InChI is InChI=1S/C23H26N4O2S/c1-15-6-8-18(9-7-15)24-20(28)14-27-12-10-17(11-13-27)22(29)26-23-25-21-16(2)4-3-5-19(21)30-23/h3-9,17H,10-14H2,1-2H3,(H,24,28)(H,25,26,29). The number of rotatable bonds is 5. The maximum absolute atomic E-state index is 12.7. The lowest BCUT2D eigenvalue weighted by Crippen LogP contribution is -2.41. The third kappa shape index (κ3) is 4.86. The van der Waals surface area contributed by atoms with Crippen LogP contribution in [0.2, 0.25) is 0 Å². The number of anilines is 2. The molecule has 2 N–H and O–H groups in total. The van der Waals surface area contributed by atoms with Crippen molar-refractivity contribution in [2.75, 3.05) is 30.3 Å². The Bertz CT molecular complexity index is 1050. The minimum absolute atomic E-state index is 0.0217. The van der Waals surface area contributed by atoms with Gasteiger partial charge >= 0.3 is 0 Å². The number of fused-ring (bicyclic) bond motifs is 1. The number of hydrogen-bond acceptors (Lipinski definition) is 5. The number of aromatic nitrogens is 1. The van der Waals surface area contributed by atoms with E-state index in [1.54, 1.807) is 0 Å². The quantitative estimate of drug-likeness (QED) is 0.646. The zero-order valence-electron chi connectivity index (χ0n) is 17.3. The SMILES string of the molecule is Cc1ccc(NC(=O)CN2CCC(C(=O)Nc3nc4c(C)cccc4s3)CC2)cc1. The Morgan fingerprint density at radius 2 is 1.80 bits per heavy atom. The van der Waals surface area contributed by atoms with Crippen molar-refractivity contribution in [3.63, 3.8) is 0 Å². The van der Waals surface area contributed by atoms with Crippen molar-refractivity contribution in [3.8, 4) is 0 Å². The monoisotopic (exact) mass is 422 g/mol. The number of hydrogen-bond donors (Lipinski definition) is 2. The number of nitrogens with one attached hydrogen (secondary N) is 2. The summed E-state index contributed by atoms with van der Waals surface area (Å²) in [4.78, 5) is 31.7. The van der Waals surface area contributed by atoms with Gasteiger partial charge in [-0.1, -0.05) is 41.2 Å². The van der Waals surface area contributed by atoms with Crippen molar-refractivity contribution >= 4 is 44.2 Å². The lowest BCUT2D eigenvalue weighted by molar-refractivity contribution is -0.121. The van der Waals surface area contributed by atoms with Gasteiger partial charge in [-0.05, 0) is 63.5 Å². The van der Waals surface area contributed by atoms with E-state index in [-0.39, 0.29) is 17.7 Å².